The number of amides is 1. The molecule has 1 atom stereocenters. The van der Waals surface area contributed by atoms with Crippen LogP contribution in [0.1, 0.15) is 46.5 Å². The molecule has 0 saturated heterocycles. The summed E-state index contributed by atoms with van der Waals surface area (Å²) in [5, 5.41) is 2.75. The van der Waals surface area contributed by atoms with E-state index in [4.69, 9.17) is 0 Å². The van der Waals surface area contributed by atoms with Crippen molar-refractivity contribution in [3.8, 4) is 0 Å². The molecule has 2 N–H and O–H groups in total. The average molecular weight is 312 g/mol. The highest BCUT2D eigenvalue weighted by Crippen LogP contribution is 2.15. The fraction of sp³-hybridized carbons (Fsp3) is 0.533. The van der Waals surface area contributed by atoms with E-state index >= 15 is 0 Å². The van der Waals surface area contributed by atoms with E-state index in [1.807, 2.05) is 20.8 Å². The molecule has 0 spiro atoms. The Bertz CT molecular complexity index is 553. The van der Waals surface area contributed by atoms with Gasteiger partial charge >= 0.3 is 0 Å². The van der Waals surface area contributed by atoms with Crippen molar-refractivity contribution < 1.29 is 13.2 Å². The van der Waals surface area contributed by atoms with Crippen LogP contribution in [0.2, 0.25) is 0 Å². The number of nitrogens with one attached hydrogen (secondary N) is 2. The Labute approximate surface area is 127 Å². The summed E-state index contributed by atoms with van der Waals surface area (Å²) in [6, 6.07) is 6.10. The van der Waals surface area contributed by atoms with Crippen LogP contribution >= 0.6 is 0 Å². The van der Waals surface area contributed by atoms with Gasteiger partial charge in [0.15, 0.2) is 0 Å². The second-order valence-electron chi connectivity index (χ2n) is 5.11. The van der Waals surface area contributed by atoms with Gasteiger partial charge in [0.2, 0.25) is 15.9 Å². The third-order valence-corrected chi connectivity index (χ3v) is 4.78. The van der Waals surface area contributed by atoms with Crippen LogP contribution in [0.3, 0.4) is 0 Å². The van der Waals surface area contributed by atoms with E-state index in [9.17, 15) is 13.2 Å². The lowest BCUT2D eigenvalue weighted by Crippen LogP contribution is -2.31. The van der Waals surface area contributed by atoms with Gasteiger partial charge in [-0.3, -0.25) is 4.79 Å². The van der Waals surface area contributed by atoms with Crippen LogP contribution in [0.5, 0.6) is 0 Å². The number of rotatable bonds is 8. The van der Waals surface area contributed by atoms with Gasteiger partial charge in [-0.15, -0.1) is 0 Å². The molecule has 0 radical (unpaired) electrons. The Morgan fingerprint density at radius 1 is 1.19 bits per heavy atom. The van der Waals surface area contributed by atoms with E-state index in [1.165, 1.54) is 12.1 Å². The van der Waals surface area contributed by atoms with Gasteiger partial charge in [-0.1, -0.05) is 20.3 Å². The minimum Gasteiger partial charge on any atom is -0.326 e. The molecular formula is C15H24N2O3S. The van der Waals surface area contributed by atoms with Gasteiger partial charge in [0.05, 0.1) is 4.90 Å². The van der Waals surface area contributed by atoms with Gasteiger partial charge in [-0.05, 0) is 44.0 Å². The predicted molar refractivity (Wildman–Crippen MR) is 84.7 cm³/mol. The van der Waals surface area contributed by atoms with Crippen molar-refractivity contribution in [2.75, 3.05) is 5.32 Å². The zero-order valence-electron chi connectivity index (χ0n) is 12.8. The van der Waals surface area contributed by atoms with Crippen molar-refractivity contribution in [1.82, 2.24) is 4.72 Å². The Morgan fingerprint density at radius 3 is 2.33 bits per heavy atom. The maximum atomic E-state index is 12.1. The van der Waals surface area contributed by atoms with E-state index in [1.54, 1.807) is 12.1 Å². The van der Waals surface area contributed by atoms with Crippen molar-refractivity contribution in [1.29, 1.82) is 0 Å². The van der Waals surface area contributed by atoms with Gasteiger partial charge in [0.1, 0.15) is 0 Å². The molecule has 0 aromatic heterocycles. The third kappa shape index (κ3) is 5.85. The lowest BCUT2D eigenvalue weighted by molar-refractivity contribution is -0.116. The van der Waals surface area contributed by atoms with Gasteiger partial charge in [-0.25, -0.2) is 13.1 Å². The van der Waals surface area contributed by atoms with Crippen LogP contribution in [0.25, 0.3) is 0 Å². The average Bonchev–Trinajstić information content (AvgIpc) is 2.45. The third-order valence-electron chi connectivity index (χ3n) is 3.17. The molecule has 0 fully saturated rings. The molecule has 1 aromatic carbocycles. The van der Waals surface area contributed by atoms with Crippen LogP contribution in [-0.2, 0) is 14.8 Å². The Balaban J connectivity index is 2.71. The monoisotopic (exact) mass is 312 g/mol. The number of hydrogen-bond donors (Lipinski definition) is 2. The van der Waals surface area contributed by atoms with Gasteiger partial charge < -0.3 is 5.32 Å². The lowest BCUT2D eigenvalue weighted by Gasteiger charge is -2.12. The molecule has 0 saturated carbocycles. The molecule has 0 heterocycles. The van der Waals surface area contributed by atoms with Crippen LogP contribution in [0.15, 0.2) is 29.2 Å². The quantitative estimate of drug-likeness (QED) is 0.775. The fourth-order valence-corrected chi connectivity index (χ4v) is 3.02. The molecule has 0 bridgehead atoms. The summed E-state index contributed by atoms with van der Waals surface area (Å²) in [5.74, 6) is -0.0508. The topological polar surface area (TPSA) is 75.3 Å². The highest BCUT2D eigenvalue weighted by atomic mass is 32.2. The first-order chi connectivity index (χ1) is 9.89. The first-order valence-electron chi connectivity index (χ1n) is 7.31. The number of hydrogen-bond acceptors (Lipinski definition) is 3. The van der Waals surface area contributed by atoms with Crippen molar-refractivity contribution >= 4 is 21.6 Å². The first-order valence-corrected chi connectivity index (χ1v) is 8.79. The number of anilines is 1. The molecule has 6 heteroatoms. The van der Waals surface area contributed by atoms with E-state index in [-0.39, 0.29) is 16.8 Å². The van der Waals surface area contributed by atoms with Gasteiger partial charge in [0, 0.05) is 18.2 Å². The van der Waals surface area contributed by atoms with Crippen LogP contribution in [0, 0.1) is 0 Å². The molecule has 1 amide bonds. The highest BCUT2D eigenvalue weighted by Gasteiger charge is 2.16. The minimum absolute atomic E-state index is 0.0508. The molecule has 5 nitrogen and oxygen atoms in total. The second-order valence-corrected chi connectivity index (χ2v) is 6.82. The number of carbonyl (C=O) groups is 1. The predicted octanol–water partition coefficient (Wildman–Crippen LogP) is 2.89. The molecule has 0 aliphatic rings. The summed E-state index contributed by atoms with van der Waals surface area (Å²) in [5.41, 5.74) is 0.610. The second kappa shape index (κ2) is 8.14. The zero-order valence-corrected chi connectivity index (χ0v) is 13.7. The van der Waals surface area contributed by atoms with E-state index in [0.717, 1.165) is 19.3 Å². The smallest absolute Gasteiger partial charge is 0.240 e. The van der Waals surface area contributed by atoms with Crippen molar-refractivity contribution in [3.05, 3.63) is 24.3 Å². The first kappa shape index (κ1) is 17.7. The maximum Gasteiger partial charge on any atom is 0.240 e. The van der Waals surface area contributed by atoms with E-state index in [2.05, 4.69) is 10.0 Å². The summed E-state index contributed by atoms with van der Waals surface area (Å²) in [4.78, 5) is 11.8. The normalized spacial score (nSPS) is 12.9. The number of sulfonamides is 1. The van der Waals surface area contributed by atoms with Crippen LogP contribution in [0.4, 0.5) is 5.69 Å². The molecule has 1 rings (SSSR count). The zero-order chi connectivity index (χ0) is 15.9. The van der Waals surface area contributed by atoms with Crippen LogP contribution in [-0.4, -0.2) is 20.4 Å². The summed E-state index contributed by atoms with van der Waals surface area (Å²) in [6.45, 7) is 5.76. The maximum absolute atomic E-state index is 12.1. The summed E-state index contributed by atoms with van der Waals surface area (Å²) < 4.78 is 26.8. The molecule has 1 aromatic rings. The summed E-state index contributed by atoms with van der Waals surface area (Å²) in [6.07, 6.45) is 3.01. The largest absolute Gasteiger partial charge is 0.326 e. The molecule has 0 aliphatic heterocycles. The molecule has 118 valence electrons. The minimum atomic E-state index is -3.49. The van der Waals surface area contributed by atoms with E-state index in [0.29, 0.717) is 12.1 Å². The van der Waals surface area contributed by atoms with E-state index < -0.39 is 10.0 Å². The van der Waals surface area contributed by atoms with Gasteiger partial charge in [0.25, 0.3) is 0 Å². The fourth-order valence-electron chi connectivity index (χ4n) is 1.69. The summed E-state index contributed by atoms with van der Waals surface area (Å²) >= 11 is 0. The molecule has 21 heavy (non-hydrogen) atoms. The Kier molecular flexibility index (Phi) is 6.84. The van der Waals surface area contributed by atoms with Crippen molar-refractivity contribution in [2.24, 2.45) is 0 Å². The molecule has 1 unspecified atom stereocenters. The van der Waals surface area contributed by atoms with Crippen LogP contribution < -0.4 is 10.0 Å². The van der Waals surface area contributed by atoms with Gasteiger partial charge in [-0.2, -0.15) is 0 Å². The molecule has 0 aliphatic carbocycles. The number of unbranched alkanes of at least 4 members (excludes halogenated alkanes) is 1. The Hall–Kier alpha value is -1.40. The van der Waals surface area contributed by atoms with Crippen molar-refractivity contribution in [2.45, 2.75) is 57.4 Å². The number of benzene rings is 1. The SMILES string of the molecule is CCCCC(=O)Nc1ccc(S(=O)(=O)NC(C)CC)cc1. The molecular weight excluding hydrogens is 288 g/mol. The highest BCUT2D eigenvalue weighted by molar-refractivity contribution is 7.89. The van der Waals surface area contributed by atoms with Crippen molar-refractivity contribution in [3.63, 3.8) is 0 Å². The standard InChI is InChI=1S/C15H24N2O3S/c1-4-6-7-15(18)16-13-8-10-14(11-9-13)21(19,20)17-12(3)5-2/h8-12,17H,4-7H2,1-3H3,(H,16,18). The summed E-state index contributed by atoms with van der Waals surface area (Å²) in [7, 11) is -3.49. The number of carbonyl (C=O) groups excluding carboxylic acids is 1. The Morgan fingerprint density at radius 2 is 1.81 bits per heavy atom. The lowest BCUT2D eigenvalue weighted by atomic mass is 10.2.